The maximum absolute atomic E-state index is 10.8. The summed E-state index contributed by atoms with van der Waals surface area (Å²) in [5.41, 5.74) is 3.44. The lowest BCUT2D eigenvalue weighted by Crippen LogP contribution is -2.26. The van der Waals surface area contributed by atoms with Crippen LogP contribution in [0.3, 0.4) is 0 Å². The molecule has 3 heteroatoms. The van der Waals surface area contributed by atoms with Gasteiger partial charge in [0.05, 0.1) is 0 Å². The van der Waals surface area contributed by atoms with Crippen LogP contribution in [0.1, 0.15) is 6.92 Å². The van der Waals surface area contributed by atoms with Crippen LogP contribution >= 0.6 is 0 Å². The van der Waals surface area contributed by atoms with Crippen LogP contribution in [-0.2, 0) is 4.79 Å². The van der Waals surface area contributed by atoms with Gasteiger partial charge in [-0.1, -0.05) is 48.5 Å². The minimum absolute atomic E-state index is 0.00172. The minimum atomic E-state index is -0.00172. The average Bonchev–Trinajstić information content (AvgIpc) is 2.45. The van der Waals surface area contributed by atoms with E-state index in [0.29, 0.717) is 13.1 Å². The van der Waals surface area contributed by atoms with Crippen molar-refractivity contribution >= 4 is 11.6 Å². The molecule has 2 aromatic rings. The highest BCUT2D eigenvalue weighted by Gasteiger charge is 2.03. The zero-order valence-corrected chi connectivity index (χ0v) is 11.0. The van der Waals surface area contributed by atoms with Crippen molar-refractivity contribution in [2.24, 2.45) is 0 Å². The van der Waals surface area contributed by atoms with E-state index in [2.05, 4.69) is 34.9 Å². The minimum Gasteiger partial charge on any atom is -0.383 e. The molecule has 0 heterocycles. The Balaban J connectivity index is 2.07. The molecule has 0 aliphatic heterocycles. The van der Waals surface area contributed by atoms with Crippen molar-refractivity contribution in [1.29, 1.82) is 0 Å². The van der Waals surface area contributed by atoms with Gasteiger partial charge in [0, 0.05) is 31.3 Å². The summed E-state index contributed by atoms with van der Waals surface area (Å²) in [6, 6.07) is 18.4. The van der Waals surface area contributed by atoms with E-state index >= 15 is 0 Å². The van der Waals surface area contributed by atoms with E-state index in [1.807, 2.05) is 30.3 Å². The molecule has 2 N–H and O–H groups in total. The van der Waals surface area contributed by atoms with Crippen LogP contribution in [0.25, 0.3) is 11.1 Å². The van der Waals surface area contributed by atoms with Crippen LogP contribution in [0.2, 0.25) is 0 Å². The fraction of sp³-hybridized carbons (Fsp3) is 0.188. The molecular formula is C16H18N2O. The number of carbonyl (C=O) groups excluding carboxylic acids is 1. The number of carbonyl (C=O) groups is 1. The van der Waals surface area contributed by atoms with E-state index in [1.165, 1.54) is 18.1 Å². The second-order valence-electron chi connectivity index (χ2n) is 4.32. The number of nitrogens with one attached hydrogen (secondary N) is 2. The molecule has 0 fully saturated rings. The monoisotopic (exact) mass is 254 g/mol. The summed E-state index contributed by atoms with van der Waals surface area (Å²) in [6.07, 6.45) is 0. The first kappa shape index (κ1) is 13.1. The van der Waals surface area contributed by atoms with Crippen molar-refractivity contribution in [2.75, 3.05) is 18.4 Å². The van der Waals surface area contributed by atoms with Crippen LogP contribution in [0.5, 0.6) is 0 Å². The molecule has 2 rings (SSSR count). The van der Waals surface area contributed by atoms with Gasteiger partial charge in [0.2, 0.25) is 5.91 Å². The molecule has 19 heavy (non-hydrogen) atoms. The van der Waals surface area contributed by atoms with Gasteiger partial charge in [-0.25, -0.2) is 0 Å². The van der Waals surface area contributed by atoms with Crippen LogP contribution in [0, 0.1) is 0 Å². The average molecular weight is 254 g/mol. The number of hydrogen-bond donors (Lipinski definition) is 2. The van der Waals surface area contributed by atoms with Gasteiger partial charge in [0.25, 0.3) is 0 Å². The molecule has 2 aromatic carbocycles. The maximum atomic E-state index is 10.8. The number of hydrogen-bond acceptors (Lipinski definition) is 2. The van der Waals surface area contributed by atoms with E-state index in [-0.39, 0.29) is 5.91 Å². The Hall–Kier alpha value is -2.29. The van der Waals surface area contributed by atoms with E-state index in [9.17, 15) is 4.79 Å². The van der Waals surface area contributed by atoms with Crippen LogP contribution in [0.15, 0.2) is 54.6 Å². The Labute approximate surface area is 113 Å². The zero-order valence-electron chi connectivity index (χ0n) is 11.0. The zero-order chi connectivity index (χ0) is 13.5. The van der Waals surface area contributed by atoms with E-state index in [4.69, 9.17) is 0 Å². The first-order valence-corrected chi connectivity index (χ1v) is 6.40. The SMILES string of the molecule is CC(=O)NCCNc1ccccc1-c1ccccc1. The van der Waals surface area contributed by atoms with Crippen LogP contribution < -0.4 is 10.6 Å². The summed E-state index contributed by atoms with van der Waals surface area (Å²) in [7, 11) is 0. The molecule has 0 spiro atoms. The van der Waals surface area contributed by atoms with Gasteiger partial charge < -0.3 is 10.6 Å². The lowest BCUT2D eigenvalue weighted by Gasteiger charge is -2.12. The summed E-state index contributed by atoms with van der Waals surface area (Å²) in [5.74, 6) is -0.00172. The molecule has 0 saturated heterocycles. The molecule has 0 aliphatic rings. The summed E-state index contributed by atoms with van der Waals surface area (Å²) in [4.78, 5) is 10.8. The highest BCUT2D eigenvalue weighted by molar-refractivity contribution is 5.77. The normalized spacial score (nSPS) is 9.95. The van der Waals surface area contributed by atoms with Crippen molar-refractivity contribution in [3.05, 3.63) is 54.6 Å². The molecule has 0 aliphatic carbocycles. The number of benzene rings is 2. The lowest BCUT2D eigenvalue weighted by atomic mass is 10.0. The summed E-state index contributed by atoms with van der Waals surface area (Å²) < 4.78 is 0. The second kappa shape index (κ2) is 6.59. The Morgan fingerprint density at radius 2 is 1.63 bits per heavy atom. The lowest BCUT2D eigenvalue weighted by molar-refractivity contribution is -0.118. The predicted molar refractivity (Wildman–Crippen MR) is 79.1 cm³/mol. The molecular weight excluding hydrogens is 236 g/mol. The van der Waals surface area contributed by atoms with Gasteiger partial charge in [-0.3, -0.25) is 4.79 Å². The van der Waals surface area contributed by atoms with Crippen molar-refractivity contribution in [1.82, 2.24) is 5.32 Å². The number of para-hydroxylation sites is 1. The Morgan fingerprint density at radius 1 is 0.947 bits per heavy atom. The quantitative estimate of drug-likeness (QED) is 0.805. The van der Waals surface area contributed by atoms with Gasteiger partial charge in [0.1, 0.15) is 0 Å². The molecule has 0 radical (unpaired) electrons. The number of rotatable bonds is 5. The van der Waals surface area contributed by atoms with Crippen molar-refractivity contribution in [3.8, 4) is 11.1 Å². The molecule has 1 amide bonds. The molecule has 0 bridgehead atoms. The summed E-state index contributed by atoms with van der Waals surface area (Å²) in [6.45, 7) is 2.86. The van der Waals surface area contributed by atoms with Gasteiger partial charge in [-0.15, -0.1) is 0 Å². The number of amides is 1. The topological polar surface area (TPSA) is 41.1 Å². The van der Waals surface area contributed by atoms with Crippen molar-refractivity contribution in [3.63, 3.8) is 0 Å². The van der Waals surface area contributed by atoms with E-state index in [1.54, 1.807) is 0 Å². The van der Waals surface area contributed by atoms with Gasteiger partial charge >= 0.3 is 0 Å². The van der Waals surface area contributed by atoms with Crippen molar-refractivity contribution in [2.45, 2.75) is 6.92 Å². The van der Waals surface area contributed by atoms with Gasteiger partial charge in [0.15, 0.2) is 0 Å². The number of anilines is 1. The Morgan fingerprint density at radius 3 is 2.37 bits per heavy atom. The maximum Gasteiger partial charge on any atom is 0.216 e. The molecule has 0 unspecified atom stereocenters. The Kier molecular flexibility index (Phi) is 4.56. The molecule has 0 atom stereocenters. The van der Waals surface area contributed by atoms with Crippen molar-refractivity contribution < 1.29 is 4.79 Å². The third kappa shape index (κ3) is 3.85. The summed E-state index contributed by atoms with van der Waals surface area (Å²) in [5, 5.41) is 6.13. The first-order chi connectivity index (χ1) is 9.27. The van der Waals surface area contributed by atoms with E-state index in [0.717, 1.165) is 5.69 Å². The smallest absolute Gasteiger partial charge is 0.216 e. The molecule has 3 nitrogen and oxygen atoms in total. The molecule has 98 valence electrons. The highest BCUT2D eigenvalue weighted by Crippen LogP contribution is 2.27. The molecule has 0 saturated carbocycles. The standard InChI is InChI=1S/C16H18N2O/c1-13(19)17-11-12-18-16-10-6-5-9-15(16)14-7-3-2-4-8-14/h2-10,18H,11-12H2,1H3,(H,17,19). The van der Waals surface area contributed by atoms with Gasteiger partial charge in [-0.2, -0.15) is 0 Å². The molecule has 0 aromatic heterocycles. The summed E-state index contributed by atoms with van der Waals surface area (Å²) >= 11 is 0. The van der Waals surface area contributed by atoms with Gasteiger partial charge in [-0.05, 0) is 11.6 Å². The highest BCUT2D eigenvalue weighted by atomic mass is 16.1. The Bertz CT molecular complexity index is 537. The second-order valence-corrected chi connectivity index (χ2v) is 4.32. The largest absolute Gasteiger partial charge is 0.383 e. The van der Waals surface area contributed by atoms with Crippen LogP contribution in [-0.4, -0.2) is 19.0 Å². The third-order valence-electron chi connectivity index (χ3n) is 2.83. The third-order valence-corrected chi connectivity index (χ3v) is 2.83. The fourth-order valence-electron chi connectivity index (χ4n) is 1.94. The van der Waals surface area contributed by atoms with E-state index < -0.39 is 0 Å². The first-order valence-electron chi connectivity index (χ1n) is 6.40. The predicted octanol–water partition coefficient (Wildman–Crippen LogP) is 2.90. The fourth-order valence-corrected chi connectivity index (χ4v) is 1.94. The van der Waals surface area contributed by atoms with Crippen LogP contribution in [0.4, 0.5) is 5.69 Å².